The molecule has 0 amide bonds. The highest BCUT2D eigenvalue weighted by Gasteiger charge is 2.33. The smallest absolute Gasteiger partial charge is 0.137 e. The second kappa shape index (κ2) is 10.5. The molecule has 0 saturated carbocycles. The van der Waals surface area contributed by atoms with Gasteiger partial charge in [-0.2, -0.15) is 0 Å². The van der Waals surface area contributed by atoms with Gasteiger partial charge in [0.1, 0.15) is 17.8 Å². The summed E-state index contributed by atoms with van der Waals surface area (Å²) in [5.41, 5.74) is 4.61. The minimum atomic E-state index is -0.141. The normalized spacial score (nSPS) is 19.2. The number of hydrogen-bond acceptors (Lipinski definition) is 4. The third kappa shape index (κ3) is 4.71. The largest absolute Gasteiger partial charge is 0.496 e. The molecule has 0 spiro atoms. The van der Waals surface area contributed by atoms with E-state index in [0.29, 0.717) is 6.54 Å². The van der Waals surface area contributed by atoms with Crippen LogP contribution in [0.15, 0.2) is 72.8 Å². The first kappa shape index (κ1) is 22.1. The lowest BCUT2D eigenvalue weighted by Crippen LogP contribution is -2.38. The maximum atomic E-state index is 12.2. The Morgan fingerprint density at radius 3 is 2.19 bits per heavy atom. The number of carbonyl (C=O) groups is 1. The van der Waals surface area contributed by atoms with Crippen LogP contribution >= 0.6 is 0 Å². The van der Waals surface area contributed by atoms with Gasteiger partial charge in [0.2, 0.25) is 0 Å². The van der Waals surface area contributed by atoms with Crippen molar-refractivity contribution < 1.29 is 14.3 Å². The van der Waals surface area contributed by atoms with E-state index in [-0.39, 0.29) is 12.1 Å². The van der Waals surface area contributed by atoms with Crippen LogP contribution in [-0.4, -0.2) is 31.4 Å². The summed E-state index contributed by atoms with van der Waals surface area (Å²) in [6.45, 7) is 0.690. The summed E-state index contributed by atoms with van der Waals surface area (Å²) in [4.78, 5) is 14.5. The number of ether oxygens (including phenoxy) is 2. The van der Waals surface area contributed by atoms with Gasteiger partial charge in [0.25, 0.3) is 0 Å². The van der Waals surface area contributed by atoms with E-state index in [1.165, 1.54) is 16.7 Å². The fourth-order valence-electron chi connectivity index (χ4n) is 4.84. The van der Waals surface area contributed by atoms with Gasteiger partial charge in [0.05, 0.1) is 25.8 Å². The molecule has 2 unspecified atom stereocenters. The fraction of sp³-hybridized carbons (Fsp3) is 0.321. The van der Waals surface area contributed by atoms with Crippen LogP contribution in [-0.2, 0) is 11.3 Å². The molecule has 0 aliphatic carbocycles. The molecule has 4 nitrogen and oxygen atoms in total. The molecule has 3 aromatic rings. The number of aldehydes is 1. The molecule has 1 aliphatic heterocycles. The molecule has 3 aromatic carbocycles. The van der Waals surface area contributed by atoms with E-state index in [0.717, 1.165) is 49.0 Å². The van der Waals surface area contributed by atoms with Crippen molar-refractivity contribution in [1.29, 1.82) is 0 Å². The molecule has 32 heavy (non-hydrogen) atoms. The first-order valence-corrected chi connectivity index (χ1v) is 11.3. The number of benzene rings is 3. The minimum absolute atomic E-state index is 0.0409. The summed E-state index contributed by atoms with van der Waals surface area (Å²) in [6, 6.07) is 24.8. The first-order valence-electron chi connectivity index (χ1n) is 11.3. The third-order valence-electron chi connectivity index (χ3n) is 6.41. The summed E-state index contributed by atoms with van der Waals surface area (Å²) in [6.07, 6.45) is 5.05. The second-order valence-electron chi connectivity index (χ2n) is 8.32. The standard InChI is InChI=1S/C28H31NO3/c1-31-26-16-9-17-27(32-2)28(26)25-15-7-6-14-24(20-30)29(25)19-21-10-8-13-23(18-21)22-11-4-3-5-12-22/h3-5,8-13,16-18,20,24-25H,6-7,14-15,19H2,1-2H3. The summed E-state index contributed by atoms with van der Waals surface area (Å²) in [7, 11) is 3.39. The number of nitrogens with zero attached hydrogens (tertiary/aromatic N) is 1. The van der Waals surface area contributed by atoms with Gasteiger partial charge in [-0.05, 0) is 47.7 Å². The Labute approximate surface area is 190 Å². The molecule has 1 saturated heterocycles. The van der Waals surface area contributed by atoms with Crippen LogP contribution in [0.5, 0.6) is 11.5 Å². The van der Waals surface area contributed by atoms with E-state index in [1.54, 1.807) is 14.2 Å². The maximum absolute atomic E-state index is 12.2. The van der Waals surface area contributed by atoms with E-state index in [9.17, 15) is 4.79 Å². The quantitative estimate of drug-likeness (QED) is 0.428. The van der Waals surface area contributed by atoms with Gasteiger partial charge < -0.3 is 14.3 Å². The third-order valence-corrected chi connectivity index (χ3v) is 6.41. The van der Waals surface area contributed by atoms with Gasteiger partial charge in [-0.3, -0.25) is 4.90 Å². The predicted molar refractivity (Wildman–Crippen MR) is 128 cm³/mol. The highest BCUT2D eigenvalue weighted by atomic mass is 16.5. The number of methoxy groups -OCH3 is 2. The molecule has 0 aromatic heterocycles. The minimum Gasteiger partial charge on any atom is -0.496 e. The van der Waals surface area contributed by atoms with Crippen LogP contribution in [0.1, 0.15) is 42.9 Å². The number of rotatable bonds is 7. The average Bonchev–Trinajstić information content (AvgIpc) is 3.06. The SMILES string of the molecule is COc1cccc(OC)c1C1CCCCC(C=O)N1Cc1cccc(-c2ccccc2)c1. The summed E-state index contributed by atoms with van der Waals surface area (Å²) in [5, 5.41) is 0. The van der Waals surface area contributed by atoms with Crippen molar-refractivity contribution in [3.05, 3.63) is 83.9 Å². The zero-order valence-electron chi connectivity index (χ0n) is 18.9. The molecule has 0 bridgehead atoms. The van der Waals surface area contributed by atoms with Crippen molar-refractivity contribution >= 4 is 6.29 Å². The molecular weight excluding hydrogens is 398 g/mol. The fourth-order valence-corrected chi connectivity index (χ4v) is 4.84. The Morgan fingerprint density at radius 2 is 1.50 bits per heavy atom. The van der Waals surface area contributed by atoms with E-state index in [4.69, 9.17) is 9.47 Å². The lowest BCUT2D eigenvalue weighted by Gasteiger charge is -2.35. The molecule has 1 fully saturated rings. The van der Waals surface area contributed by atoms with E-state index in [2.05, 4.69) is 53.4 Å². The summed E-state index contributed by atoms with van der Waals surface area (Å²) >= 11 is 0. The van der Waals surface area contributed by atoms with Crippen LogP contribution in [0, 0.1) is 0 Å². The van der Waals surface area contributed by atoms with Gasteiger partial charge in [-0.25, -0.2) is 0 Å². The van der Waals surface area contributed by atoms with Crippen molar-refractivity contribution in [2.45, 2.75) is 44.3 Å². The number of carbonyl (C=O) groups excluding carboxylic acids is 1. The lowest BCUT2D eigenvalue weighted by molar-refractivity contribution is -0.113. The highest BCUT2D eigenvalue weighted by Crippen LogP contribution is 2.43. The molecular formula is C28H31NO3. The number of hydrogen-bond donors (Lipinski definition) is 0. The molecule has 166 valence electrons. The van der Waals surface area contributed by atoms with Crippen LogP contribution in [0.3, 0.4) is 0 Å². The summed E-state index contributed by atoms with van der Waals surface area (Å²) < 4.78 is 11.5. The maximum Gasteiger partial charge on any atom is 0.137 e. The van der Waals surface area contributed by atoms with Gasteiger partial charge >= 0.3 is 0 Å². The molecule has 2 atom stereocenters. The Hall–Kier alpha value is -3.11. The molecule has 0 radical (unpaired) electrons. The second-order valence-corrected chi connectivity index (χ2v) is 8.32. The first-order chi connectivity index (χ1) is 15.7. The molecule has 1 heterocycles. The van der Waals surface area contributed by atoms with E-state index >= 15 is 0 Å². The topological polar surface area (TPSA) is 38.8 Å². The van der Waals surface area contributed by atoms with Crippen LogP contribution in [0.2, 0.25) is 0 Å². The molecule has 4 rings (SSSR count). The van der Waals surface area contributed by atoms with Crippen LogP contribution in [0.4, 0.5) is 0 Å². The van der Waals surface area contributed by atoms with E-state index in [1.807, 2.05) is 24.3 Å². The van der Waals surface area contributed by atoms with E-state index < -0.39 is 0 Å². The summed E-state index contributed by atoms with van der Waals surface area (Å²) in [5.74, 6) is 1.62. The highest BCUT2D eigenvalue weighted by molar-refractivity contribution is 5.64. The molecule has 4 heteroatoms. The van der Waals surface area contributed by atoms with Gasteiger partial charge in [0.15, 0.2) is 0 Å². The van der Waals surface area contributed by atoms with Crippen molar-refractivity contribution in [2.75, 3.05) is 14.2 Å². The zero-order valence-corrected chi connectivity index (χ0v) is 18.9. The molecule has 0 N–H and O–H groups in total. The average molecular weight is 430 g/mol. The van der Waals surface area contributed by atoms with Crippen LogP contribution < -0.4 is 9.47 Å². The lowest BCUT2D eigenvalue weighted by atomic mass is 9.97. The van der Waals surface area contributed by atoms with Crippen molar-refractivity contribution in [1.82, 2.24) is 4.90 Å². The van der Waals surface area contributed by atoms with Gasteiger partial charge in [-0.1, -0.05) is 67.4 Å². The number of likely N-dealkylation sites (tertiary alicyclic amines) is 1. The predicted octanol–water partition coefficient (Wildman–Crippen LogP) is 6.06. The van der Waals surface area contributed by atoms with Crippen LogP contribution in [0.25, 0.3) is 11.1 Å². The monoisotopic (exact) mass is 429 g/mol. The Balaban J connectivity index is 1.73. The Morgan fingerprint density at radius 1 is 0.844 bits per heavy atom. The van der Waals surface area contributed by atoms with Gasteiger partial charge in [-0.15, -0.1) is 0 Å². The van der Waals surface area contributed by atoms with Gasteiger partial charge in [0, 0.05) is 12.6 Å². The zero-order chi connectivity index (χ0) is 22.3. The van der Waals surface area contributed by atoms with Crippen molar-refractivity contribution in [3.8, 4) is 22.6 Å². The van der Waals surface area contributed by atoms with Crippen molar-refractivity contribution in [2.24, 2.45) is 0 Å². The molecule has 1 aliphatic rings. The Bertz CT molecular complexity index is 1010. The Kier molecular flexibility index (Phi) is 7.23. The van der Waals surface area contributed by atoms with Crippen molar-refractivity contribution in [3.63, 3.8) is 0 Å².